The topological polar surface area (TPSA) is 57.7 Å². The van der Waals surface area contributed by atoms with Crippen LogP contribution in [0.2, 0.25) is 0 Å². The number of nitrogens with one attached hydrogen (secondary N) is 1. The van der Waals surface area contributed by atoms with Crippen LogP contribution >= 0.6 is 0 Å². The molecule has 1 aliphatic rings. The molecule has 0 amide bonds. The first kappa shape index (κ1) is 16.0. The molecule has 1 N–H and O–H groups in total. The van der Waals surface area contributed by atoms with Crippen LogP contribution in [0.4, 0.5) is 5.82 Å². The summed E-state index contributed by atoms with van der Waals surface area (Å²) in [4.78, 5) is 19.6. The molecule has 0 bridgehead atoms. The second-order valence-electron chi connectivity index (χ2n) is 7.03. The van der Waals surface area contributed by atoms with Crippen LogP contribution in [0.1, 0.15) is 24.6 Å². The van der Waals surface area contributed by atoms with Gasteiger partial charge in [0, 0.05) is 30.6 Å². The van der Waals surface area contributed by atoms with Crippen LogP contribution in [0.25, 0.3) is 22.3 Å². The Morgan fingerprint density at radius 2 is 1.67 bits per heavy atom. The average molecular weight is 355 g/mol. The fraction of sp³-hybridized carbons (Fsp3) is 0.227. The largest absolute Gasteiger partial charge is 0.356 e. The number of piperidine rings is 1. The molecule has 5 heteroatoms. The Hall–Kier alpha value is -3.21. The van der Waals surface area contributed by atoms with Gasteiger partial charge in [0.15, 0.2) is 0 Å². The van der Waals surface area contributed by atoms with Crippen molar-refractivity contribution >= 4 is 16.9 Å². The van der Waals surface area contributed by atoms with Crippen molar-refractivity contribution in [2.24, 2.45) is 0 Å². The number of aromatic nitrogens is 4. The molecule has 0 atom stereocenters. The Bertz CT molecular complexity index is 1020. The summed E-state index contributed by atoms with van der Waals surface area (Å²) in [6, 6.07) is 20.6. The third-order valence-electron chi connectivity index (χ3n) is 5.34. The van der Waals surface area contributed by atoms with Crippen molar-refractivity contribution in [1.82, 2.24) is 19.9 Å². The Morgan fingerprint density at radius 3 is 2.48 bits per heavy atom. The van der Waals surface area contributed by atoms with Gasteiger partial charge in [-0.15, -0.1) is 0 Å². The van der Waals surface area contributed by atoms with Gasteiger partial charge >= 0.3 is 0 Å². The second kappa shape index (κ2) is 6.83. The minimum Gasteiger partial charge on any atom is -0.356 e. The van der Waals surface area contributed by atoms with E-state index in [2.05, 4.69) is 50.2 Å². The van der Waals surface area contributed by atoms with E-state index in [-0.39, 0.29) is 0 Å². The van der Waals surface area contributed by atoms with E-state index < -0.39 is 0 Å². The summed E-state index contributed by atoms with van der Waals surface area (Å²) >= 11 is 0. The highest BCUT2D eigenvalue weighted by Crippen LogP contribution is 2.30. The second-order valence-corrected chi connectivity index (χ2v) is 7.03. The van der Waals surface area contributed by atoms with Gasteiger partial charge in [-0.1, -0.05) is 42.5 Å². The smallest absolute Gasteiger partial charge is 0.132 e. The lowest BCUT2D eigenvalue weighted by molar-refractivity contribution is 0.487. The van der Waals surface area contributed by atoms with Crippen LogP contribution in [0.3, 0.4) is 0 Å². The quantitative estimate of drug-likeness (QED) is 0.592. The third-order valence-corrected chi connectivity index (χ3v) is 5.34. The minimum atomic E-state index is 0.476. The van der Waals surface area contributed by atoms with Crippen molar-refractivity contribution in [2.75, 3.05) is 18.0 Å². The summed E-state index contributed by atoms with van der Waals surface area (Å²) in [5.74, 6) is 2.60. The summed E-state index contributed by atoms with van der Waals surface area (Å²) in [6.45, 7) is 1.96. The molecule has 0 spiro atoms. The Labute approximate surface area is 158 Å². The van der Waals surface area contributed by atoms with Crippen molar-refractivity contribution in [1.29, 1.82) is 0 Å². The van der Waals surface area contributed by atoms with Gasteiger partial charge in [-0.3, -0.25) is 0 Å². The summed E-state index contributed by atoms with van der Waals surface area (Å²) in [6.07, 6.45) is 3.82. The predicted octanol–water partition coefficient (Wildman–Crippen LogP) is 4.40. The third kappa shape index (κ3) is 3.16. The van der Waals surface area contributed by atoms with E-state index >= 15 is 0 Å². The standard InChI is InChI=1S/C22H21N5/c1-2-6-16(7-3-1)20-14-21(24-15-23-20)27-12-10-17(11-13-27)22-25-18-8-4-5-9-19(18)26-22/h1-9,14-15,17H,10-13H2,(H,25,26). The fourth-order valence-electron chi connectivity index (χ4n) is 3.83. The van der Waals surface area contributed by atoms with Crippen LogP contribution in [-0.2, 0) is 0 Å². The van der Waals surface area contributed by atoms with Gasteiger partial charge in [0.2, 0.25) is 0 Å². The van der Waals surface area contributed by atoms with Crippen LogP contribution in [-0.4, -0.2) is 33.0 Å². The maximum absolute atomic E-state index is 4.79. The van der Waals surface area contributed by atoms with Gasteiger partial charge < -0.3 is 9.88 Å². The minimum absolute atomic E-state index is 0.476. The number of imidazole rings is 1. The highest BCUT2D eigenvalue weighted by atomic mass is 15.2. The molecule has 2 aromatic heterocycles. The van der Waals surface area contributed by atoms with E-state index in [1.54, 1.807) is 6.33 Å². The number of rotatable bonds is 3. The zero-order valence-electron chi connectivity index (χ0n) is 15.0. The van der Waals surface area contributed by atoms with Crippen LogP contribution in [0, 0.1) is 0 Å². The first-order valence-electron chi connectivity index (χ1n) is 9.44. The molecule has 0 saturated carbocycles. The molecule has 0 aliphatic carbocycles. The molecule has 2 aromatic carbocycles. The Kier molecular flexibility index (Phi) is 4.05. The number of anilines is 1. The highest BCUT2D eigenvalue weighted by Gasteiger charge is 2.24. The van der Waals surface area contributed by atoms with Gasteiger partial charge in [-0.25, -0.2) is 15.0 Å². The van der Waals surface area contributed by atoms with Crippen LogP contribution in [0.15, 0.2) is 67.0 Å². The van der Waals surface area contributed by atoms with E-state index in [0.29, 0.717) is 5.92 Å². The molecule has 0 radical (unpaired) electrons. The van der Waals surface area contributed by atoms with Crippen molar-refractivity contribution in [3.8, 4) is 11.3 Å². The van der Waals surface area contributed by atoms with Gasteiger partial charge in [0.05, 0.1) is 16.7 Å². The van der Waals surface area contributed by atoms with E-state index in [1.165, 1.54) is 0 Å². The molecule has 1 aliphatic heterocycles. The first-order chi connectivity index (χ1) is 13.4. The SMILES string of the molecule is c1ccc(-c2cc(N3CCC(c4nc5ccccc5[nH]4)CC3)ncn2)cc1. The zero-order chi connectivity index (χ0) is 18.1. The van der Waals surface area contributed by atoms with Gasteiger partial charge in [-0.05, 0) is 25.0 Å². The van der Waals surface area contributed by atoms with Gasteiger partial charge in [-0.2, -0.15) is 0 Å². The van der Waals surface area contributed by atoms with Gasteiger partial charge in [0.1, 0.15) is 18.0 Å². The van der Waals surface area contributed by atoms with Crippen molar-refractivity contribution < 1.29 is 0 Å². The fourth-order valence-corrected chi connectivity index (χ4v) is 3.83. The number of hydrogen-bond donors (Lipinski definition) is 1. The highest BCUT2D eigenvalue weighted by molar-refractivity contribution is 5.74. The van der Waals surface area contributed by atoms with Crippen molar-refractivity contribution in [2.45, 2.75) is 18.8 Å². The molecule has 27 heavy (non-hydrogen) atoms. The zero-order valence-corrected chi connectivity index (χ0v) is 15.0. The molecule has 1 fully saturated rings. The summed E-state index contributed by atoms with van der Waals surface area (Å²) < 4.78 is 0. The summed E-state index contributed by atoms with van der Waals surface area (Å²) in [5.41, 5.74) is 4.27. The molecule has 4 aromatic rings. The number of aromatic amines is 1. The van der Waals surface area contributed by atoms with Crippen molar-refractivity contribution in [3.63, 3.8) is 0 Å². The lowest BCUT2D eigenvalue weighted by Crippen LogP contribution is -2.33. The van der Waals surface area contributed by atoms with Crippen LogP contribution in [0.5, 0.6) is 0 Å². The van der Waals surface area contributed by atoms with Gasteiger partial charge in [0.25, 0.3) is 0 Å². The van der Waals surface area contributed by atoms with E-state index in [4.69, 9.17) is 4.98 Å². The molecule has 5 nitrogen and oxygen atoms in total. The number of H-pyrrole nitrogens is 1. The number of hydrogen-bond acceptors (Lipinski definition) is 4. The van der Waals surface area contributed by atoms with Crippen LogP contribution < -0.4 is 4.90 Å². The molecule has 5 rings (SSSR count). The number of fused-ring (bicyclic) bond motifs is 1. The monoisotopic (exact) mass is 355 g/mol. The maximum Gasteiger partial charge on any atom is 0.132 e. The molecular weight excluding hydrogens is 334 g/mol. The lowest BCUT2D eigenvalue weighted by Gasteiger charge is -2.32. The lowest BCUT2D eigenvalue weighted by atomic mass is 9.96. The summed E-state index contributed by atoms with van der Waals surface area (Å²) in [5, 5.41) is 0. The Balaban J connectivity index is 1.32. The molecule has 3 heterocycles. The molecule has 0 unspecified atom stereocenters. The molecule has 1 saturated heterocycles. The number of para-hydroxylation sites is 2. The number of nitrogens with zero attached hydrogens (tertiary/aromatic N) is 4. The van der Waals surface area contributed by atoms with E-state index in [9.17, 15) is 0 Å². The predicted molar refractivity (Wildman–Crippen MR) is 108 cm³/mol. The van der Waals surface area contributed by atoms with E-state index in [0.717, 1.165) is 59.9 Å². The first-order valence-corrected chi connectivity index (χ1v) is 9.44. The van der Waals surface area contributed by atoms with Crippen molar-refractivity contribution in [3.05, 3.63) is 72.8 Å². The molecular formula is C22H21N5. The molecule has 134 valence electrons. The Morgan fingerprint density at radius 1 is 0.889 bits per heavy atom. The maximum atomic E-state index is 4.79. The number of benzene rings is 2. The summed E-state index contributed by atoms with van der Waals surface area (Å²) in [7, 11) is 0. The normalized spacial score (nSPS) is 15.3. The average Bonchev–Trinajstić information content (AvgIpc) is 3.19. The van der Waals surface area contributed by atoms with E-state index in [1.807, 2.05) is 30.3 Å².